The Morgan fingerprint density at radius 1 is 1.00 bits per heavy atom. The summed E-state index contributed by atoms with van der Waals surface area (Å²) in [7, 11) is 0. The van der Waals surface area contributed by atoms with Crippen molar-refractivity contribution in [2.45, 2.75) is 12.5 Å². The van der Waals surface area contributed by atoms with Gasteiger partial charge in [0.1, 0.15) is 11.9 Å². The van der Waals surface area contributed by atoms with Crippen molar-refractivity contribution < 1.29 is 18.8 Å². The Morgan fingerprint density at radius 2 is 1.68 bits per heavy atom. The molecular weight excluding hydrogens is 505 g/mol. The number of piperazine rings is 2. The van der Waals surface area contributed by atoms with Crippen LogP contribution < -0.4 is 15.5 Å². The summed E-state index contributed by atoms with van der Waals surface area (Å²) in [5.74, 6) is -1.06. The number of nitrogens with zero attached hydrogens (tertiary/aromatic N) is 3. The second-order valence-corrected chi connectivity index (χ2v) is 9.31. The summed E-state index contributed by atoms with van der Waals surface area (Å²) in [4.78, 5) is 43.9. The molecule has 0 saturated carbocycles. The van der Waals surface area contributed by atoms with E-state index in [0.717, 1.165) is 23.2 Å². The van der Waals surface area contributed by atoms with E-state index in [9.17, 15) is 18.8 Å². The van der Waals surface area contributed by atoms with Gasteiger partial charge in [-0.2, -0.15) is 0 Å². The van der Waals surface area contributed by atoms with E-state index >= 15 is 0 Å². The average molecular weight is 532 g/mol. The zero-order valence-electron chi connectivity index (χ0n) is 18.7. The van der Waals surface area contributed by atoms with Crippen LogP contribution in [0.25, 0.3) is 0 Å². The van der Waals surface area contributed by atoms with Crippen LogP contribution in [0.1, 0.15) is 6.42 Å². The van der Waals surface area contributed by atoms with E-state index in [-0.39, 0.29) is 36.5 Å². The summed E-state index contributed by atoms with van der Waals surface area (Å²) in [6.45, 7) is 3.73. The van der Waals surface area contributed by atoms with Gasteiger partial charge in [0.25, 0.3) is 0 Å². The molecule has 1 atom stereocenters. The number of carbonyl (C=O) groups is 3. The van der Waals surface area contributed by atoms with E-state index in [1.165, 1.54) is 17.0 Å². The maximum atomic E-state index is 13.2. The fourth-order valence-corrected chi connectivity index (χ4v) is 4.50. The van der Waals surface area contributed by atoms with Crippen LogP contribution in [0.15, 0.2) is 53.0 Å². The number of rotatable bonds is 6. The van der Waals surface area contributed by atoms with E-state index in [1.54, 1.807) is 24.3 Å². The molecule has 0 bridgehead atoms. The normalized spacial score (nSPS) is 19.0. The van der Waals surface area contributed by atoms with E-state index < -0.39 is 6.04 Å². The number of halogens is 2. The molecule has 8 nitrogen and oxygen atoms in total. The Bertz CT molecular complexity index is 1030. The van der Waals surface area contributed by atoms with Crippen molar-refractivity contribution in [2.75, 3.05) is 56.0 Å². The van der Waals surface area contributed by atoms with Crippen molar-refractivity contribution in [2.24, 2.45) is 0 Å². The zero-order chi connectivity index (χ0) is 24.1. The molecule has 0 spiro atoms. The molecule has 2 aliphatic rings. The lowest BCUT2D eigenvalue weighted by atomic mass is 10.1. The Balaban J connectivity index is 1.31. The Hall–Kier alpha value is -2.98. The fraction of sp³-hybridized carbons (Fsp3) is 0.375. The summed E-state index contributed by atoms with van der Waals surface area (Å²) in [5, 5.41) is 5.54. The van der Waals surface area contributed by atoms with Gasteiger partial charge < -0.3 is 20.4 Å². The summed E-state index contributed by atoms with van der Waals surface area (Å²) >= 11 is 3.35. The zero-order valence-corrected chi connectivity index (χ0v) is 20.3. The van der Waals surface area contributed by atoms with E-state index in [2.05, 4.69) is 31.5 Å². The predicted molar refractivity (Wildman–Crippen MR) is 131 cm³/mol. The van der Waals surface area contributed by atoms with Crippen LogP contribution in [0.2, 0.25) is 0 Å². The standard InChI is InChI=1S/C24H27BrFN5O3/c25-17-1-5-19(6-2-17)28-22(32)15-21-24(34)27-9-10-31(21)23(33)16-29-11-13-30(14-12-29)20-7-3-18(26)4-8-20/h1-8,21H,9-16H2,(H,27,34)(H,28,32)/t21-/m1/s1. The average Bonchev–Trinajstić information content (AvgIpc) is 2.83. The Kier molecular flexibility index (Phi) is 7.79. The first-order valence-corrected chi connectivity index (χ1v) is 12.0. The van der Waals surface area contributed by atoms with Gasteiger partial charge in [0.05, 0.1) is 13.0 Å². The molecule has 34 heavy (non-hydrogen) atoms. The highest BCUT2D eigenvalue weighted by Gasteiger charge is 2.35. The first-order chi connectivity index (χ1) is 16.4. The molecule has 2 aliphatic heterocycles. The van der Waals surface area contributed by atoms with Gasteiger partial charge in [-0.3, -0.25) is 19.3 Å². The van der Waals surface area contributed by atoms with Crippen molar-refractivity contribution in [1.29, 1.82) is 0 Å². The van der Waals surface area contributed by atoms with Crippen molar-refractivity contribution in [1.82, 2.24) is 15.1 Å². The number of hydrogen-bond acceptors (Lipinski definition) is 5. The highest BCUT2D eigenvalue weighted by atomic mass is 79.9. The molecule has 0 aliphatic carbocycles. The van der Waals surface area contributed by atoms with Gasteiger partial charge in [-0.1, -0.05) is 15.9 Å². The van der Waals surface area contributed by atoms with Crippen LogP contribution in [-0.2, 0) is 14.4 Å². The van der Waals surface area contributed by atoms with Gasteiger partial charge in [-0.05, 0) is 48.5 Å². The van der Waals surface area contributed by atoms with E-state index in [1.807, 2.05) is 17.0 Å². The number of nitrogens with one attached hydrogen (secondary N) is 2. The minimum absolute atomic E-state index is 0.105. The van der Waals surface area contributed by atoms with Crippen LogP contribution in [0.3, 0.4) is 0 Å². The maximum absolute atomic E-state index is 13.2. The van der Waals surface area contributed by atoms with Crippen LogP contribution in [-0.4, -0.2) is 79.4 Å². The third-order valence-corrected chi connectivity index (χ3v) is 6.61. The van der Waals surface area contributed by atoms with Crippen molar-refractivity contribution in [3.05, 3.63) is 58.8 Å². The number of hydrogen-bond donors (Lipinski definition) is 2. The minimum Gasteiger partial charge on any atom is -0.369 e. The van der Waals surface area contributed by atoms with Gasteiger partial charge in [-0.15, -0.1) is 0 Å². The van der Waals surface area contributed by atoms with E-state index in [0.29, 0.717) is 31.9 Å². The van der Waals surface area contributed by atoms with E-state index in [4.69, 9.17) is 0 Å². The van der Waals surface area contributed by atoms with Gasteiger partial charge in [0, 0.05) is 55.1 Å². The minimum atomic E-state index is -0.836. The second-order valence-electron chi connectivity index (χ2n) is 8.39. The van der Waals surface area contributed by atoms with Crippen LogP contribution in [0.5, 0.6) is 0 Å². The molecule has 3 amide bonds. The lowest BCUT2D eigenvalue weighted by Crippen LogP contribution is -2.60. The number of carbonyl (C=O) groups excluding carboxylic acids is 3. The molecule has 4 rings (SSSR count). The number of anilines is 2. The molecule has 2 fully saturated rings. The first-order valence-electron chi connectivity index (χ1n) is 11.2. The Morgan fingerprint density at radius 3 is 2.35 bits per heavy atom. The molecule has 2 saturated heterocycles. The maximum Gasteiger partial charge on any atom is 0.243 e. The molecule has 0 radical (unpaired) electrons. The molecule has 0 unspecified atom stereocenters. The lowest BCUT2D eigenvalue weighted by Gasteiger charge is -2.39. The van der Waals surface area contributed by atoms with Gasteiger partial charge in [0.15, 0.2) is 0 Å². The Labute approximate surface area is 206 Å². The molecule has 0 aromatic heterocycles. The fourth-order valence-electron chi connectivity index (χ4n) is 4.24. The molecule has 2 heterocycles. The molecule has 2 aromatic rings. The number of amides is 3. The van der Waals surface area contributed by atoms with Crippen molar-refractivity contribution >= 4 is 45.0 Å². The highest BCUT2D eigenvalue weighted by Crippen LogP contribution is 2.18. The monoisotopic (exact) mass is 531 g/mol. The second kappa shape index (κ2) is 11.0. The smallest absolute Gasteiger partial charge is 0.243 e. The predicted octanol–water partition coefficient (Wildman–Crippen LogP) is 2.07. The third-order valence-electron chi connectivity index (χ3n) is 6.08. The summed E-state index contributed by atoms with van der Waals surface area (Å²) in [6.07, 6.45) is -0.105. The third kappa shape index (κ3) is 6.12. The van der Waals surface area contributed by atoms with Gasteiger partial charge >= 0.3 is 0 Å². The van der Waals surface area contributed by atoms with Crippen LogP contribution in [0, 0.1) is 5.82 Å². The van der Waals surface area contributed by atoms with Crippen molar-refractivity contribution in [3.63, 3.8) is 0 Å². The quantitative estimate of drug-likeness (QED) is 0.596. The molecule has 2 aromatic carbocycles. The number of benzene rings is 2. The molecular formula is C24H27BrFN5O3. The first kappa shape index (κ1) is 24.2. The summed E-state index contributed by atoms with van der Waals surface area (Å²) in [5.41, 5.74) is 1.58. The van der Waals surface area contributed by atoms with Crippen molar-refractivity contribution in [3.8, 4) is 0 Å². The molecule has 180 valence electrons. The summed E-state index contributed by atoms with van der Waals surface area (Å²) < 4.78 is 14.1. The molecule has 10 heteroatoms. The van der Waals surface area contributed by atoms with Gasteiger partial charge in [0.2, 0.25) is 17.7 Å². The highest BCUT2D eigenvalue weighted by molar-refractivity contribution is 9.10. The van der Waals surface area contributed by atoms with Crippen LogP contribution in [0.4, 0.5) is 15.8 Å². The summed E-state index contributed by atoms with van der Waals surface area (Å²) in [6, 6.07) is 12.7. The van der Waals surface area contributed by atoms with Gasteiger partial charge in [-0.25, -0.2) is 4.39 Å². The molecule has 2 N–H and O–H groups in total. The lowest BCUT2D eigenvalue weighted by molar-refractivity contribution is -0.145. The largest absolute Gasteiger partial charge is 0.369 e. The SMILES string of the molecule is O=C(C[C@@H]1C(=O)NCCN1C(=O)CN1CCN(c2ccc(F)cc2)CC1)Nc1ccc(Br)cc1. The topological polar surface area (TPSA) is 85.0 Å². The van der Waals surface area contributed by atoms with Crippen LogP contribution >= 0.6 is 15.9 Å².